The molecule has 1 atom stereocenters. The molecule has 0 aliphatic rings. The van der Waals surface area contributed by atoms with E-state index in [9.17, 15) is 0 Å². The number of thiazole rings is 1. The van der Waals surface area contributed by atoms with Crippen molar-refractivity contribution in [3.63, 3.8) is 0 Å². The number of benzene rings is 1. The number of hydrogen-bond acceptors (Lipinski definition) is 3. The molecule has 2 aromatic rings. The second-order valence-corrected chi connectivity index (χ2v) is 6.83. The van der Waals surface area contributed by atoms with Crippen molar-refractivity contribution < 1.29 is 0 Å². The second kappa shape index (κ2) is 7.19. The van der Waals surface area contributed by atoms with Crippen molar-refractivity contribution in [3.8, 4) is 0 Å². The predicted molar refractivity (Wildman–Crippen MR) is 92.2 cm³/mol. The summed E-state index contributed by atoms with van der Waals surface area (Å²) in [5, 5.41) is 7.06. The lowest BCUT2D eigenvalue weighted by Gasteiger charge is -2.21. The minimum absolute atomic E-state index is 0.356. The van der Waals surface area contributed by atoms with Crippen molar-refractivity contribution in [1.29, 1.82) is 0 Å². The van der Waals surface area contributed by atoms with Gasteiger partial charge in [-0.2, -0.15) is 0 Å². The summed E-state index contributed by atoms with van der Waals surface area (Å²) in [6.07, 6.45) is 2.12. The van der Waals surface area contributed by atoms with Crippen LogP contribution in [0.2, 0.25) is 0 Å². The number of aromatic nitrogens is 1. The van der Waals surface area contributed by atoms with Gasteiger partial charge < -0.3 is 5.32 Å². The molecule has 0 amide bonds. The Balaban J connectivity index is 2.28. The normalized spacial score (nSPS) is 12.6. The molecule has 2 nitrogen and oxygen atoms in total. The third kappa shape index (κ3) is 4.14. The van der Waals surface area contributed by atoms with Gasteiger partial charge in [-0.25, -0.2) is 4.98 Å². The van der Waals surface area contributed by atoms with Gasteiger partial charge in [0.1, 0.15) is 0 Å². The average molecular weight is 302 g/mol. The molecule has 0 saturated heterocycles. The molecule has 114 valence electrons. The highest BCUT2D eigenvalue weighted by Gasteiger charge is 2.16. The van der Waals surface area contributed by atoms with Crippen LogP contribution in [0.1, 0.15) is 52.3 Å². The van der Waals surface area contributed by atoms with Crippen LogP contribution in [0.4, 0.5) is 0 Å². The summed E-state index contributed by atoms with van der Waals surface area (Å²) >= 11 is 1.77. The van der Waals surface area contributed by atoms with E-state index in [4.69, 9.17) is 0 Å². The highest BCUT2D eigenvalue weighted by molar-refractivity contribution is 7.09. The van der Waals surface area contributed by atoms with Gasteiger partial charge in [-0.05, 0) is 62.9 Å². The van der Waals surface area contributed by atoms with Gasteiger partial charge in [-0.3, -0.25) is 0 Å². The summed E-state index contributed by atoms with van der Waals surface area (Å²) in [5.74, 6) is 0. The molecular weight excluding hydrogens is 276 g/mol. The smallest absolute Gasteiger partial charge is 0.0947 e. The van der Waals surface area contributed by atoms with Gasteiger partial charge in [-0.1, -0.05) is 19.1 Å². The van der Waals surface area contributed by atoms with Crippen molar-refractivity contribution in [2.75, 3.05) is 6.54 Å². The third-order valence-electron chi connectivity index (χ3n) is 3.94. The average Bonchev–Trinajstić information content (AvgIpc) is 2.84. The minimum atomic E-state index is 0.356. The van der Waals surface area contributed by atoms with Gasteiger partial charge in [0.25, 0.3) is 0 Å². The molecule has 3 heteroatoms. The molecule has 21 heavy (non-hydrogen) atoms. The Hall–Kier alpha value is -1.19. The lowest BCUT2D eigenvalue weighted by molar-refractivity contribution is 0.525. The predicted octanol–water partition coefficient (Wildman–Crippen LogP) is 4.66. The van der Waals surface area contributed by atoms with Gasteiger partial charge in [-0.15, -0.1) is 11.3 Å². The Morgan fingerprint density at radius 2 is 1.81 bits per heavy atom. The summed E-state index contributed by atoms with van der Waals surface area (Å²) in [6.45, 7) is 11.9. The van der Waals surface area contributed by atoms with Crippen molar-refractivity contribution in [2.45, 2.75) is 53.5 Å². The van der Waals surface area contributed by atoms with Gasteiger partial charge in [0, 0.05) is 23.5 Å². The van der Waals surface area contributed by atoms with E-state index in [1.165, 1.54) is 27.3 Å². The molecule has 1 unspecified atom stereocenters. The molecule has 0 fully saturated rings. The molecule has 2 rings (SSSR count). The van der Waals surface area contributed by atoms with Crippen LogP contribution in [-0.2, 0) is 6.42 Å². The van der Waals surface area contributed by atoms with E-state index in [0.717, 1.165) is 25.1 Å². The number of aryl methyl sites for hydroxylation is 4. The van der Waals surface area contributed by atoms with Crippen LogP contribution in [0.15, 0.2) is 17.5 Å². The van der Waals surface area contributed by atoms with E-state index < -0.39 is 0 Å². The maximum atomic E-state index is 4.63. The SMILES string of the molecule is CCCNC(Cc1nc(C)cs1)c1cc(C)c(C)cc1C. The Morgan fingerprint density at radius 1 is 1.10 bits per heavy atom. The molecule has 1 aromatic carbocycles. The molecule has 0 aliphatic heterocycles. The Morgan fingerprint density at radius 3 is 2.43 bits per heavy atom. The first-order valence-corrected chi connectivity index (χ1v) is 8.61. The summed E-state index contributed by atoms with van der Waals surface area (Å²) in [4.78, 5) is 4.63. The molecular formula is C18H26N2S. The monoisotopic (exact) mass is 302 g/mol. The van der Waals surface area contributed by atoms with E-state index in [2.05, 4.69) is 62.4 Å². The lowest BCUT2D eigenvalue weighted by Crippen LogP contribution is -2.25. The number of rotatable bonds is 6. The first-order valence-electron chi connectivity index (χ1n) is 7.73. The fourth-order valence-electron chi connectivity index (χ4n) is 2.64. The fraction of sp³-hybridized carbons (Fsp3) is 0.500. The number of hydrogen-bond donors (Lipinski definition) is 1. The van der Waals surface area contributed by atoms with Crippen molar-refractivity contribution in [1.82, 2.24) is 10.3 Å². The van der Waals surface area contributed by atoms with E-state index in [0.29, 0.717) is 6.04 Å². The summed E-state index contributed by atoms with van der Waals surface area (Å²) in [7, 11) is 0. The first kappa shape index (κ1) is 16.2. The van der Waals surface area contributed by atoms with Crippen LogP contribution in [0, 0.1) is 27.7 Å². The number of nitrogens with zero attached hydrogens (tertiary/aromatic N) is 1. The standard InChI is InChI=1S/C18H26N2S/c1-6-7-19-17(10-18-20-15(5)11-21-18)16-9-13(3)12(2)8-14(16)4/h8-9,11,17,19H,6-7,10H2,1-5H3. The zero-order chi connectivity index (χ0) is 15.4. The molecule has 0 aliphatic carbocycles. The quantitative estimate of drug-likeness (QED) is 0.839. The zero-order valence-electron chi connectivity index (χ0n) is 13.8. The molecule has 1 aromatic heterocycles. The van der Waals surface area contributed by atoms with Gasteiger partial charge in [0.2, 0.25) is 0 Å². The van der Waals surface area contributed by atoms with Gasteiger partial charge in [0.05, 0.1) is 5.01 Å². The third-order valence-corrected chi connectivity index (χ3v) is 4.93. The second-order valence-electron chi connectivity index (χ2n) is 5.89. The fourth-order valence-corrected chi connectivity index (χ4v) is 3.46. The Kier molecular flexibility index (Phi) is 5.54. The van der Waals surface area contributed by atoms with Crippen molar-refractivity contribution in [2.24, 2.45) is 0 Å². The van der Waals surface area contributed by atoms with E-state index in [1.54, 1.807) is 11.3 Å². The highest BCUT2D eigenvalue weighted by atomic mass is 32.1. The Bertz CT molecular complexity index is 601. The molecule has 0 saturated carbocycles. The minimum Gasteiger partial charge on any atom is -0.310 e. The van der Waals surface area contributed by atoms with Crippen LogP contribution in [-0.4, -0.2) is 11.5 Å². The number of nitrogens with one attached hydrogen (secondary N) is 1. The van der Waals surface area contributed by atoms with Gasteiger partial charge >= 0.3 is 0 Å². The van der Waals surface area contributed by atoms with Crippen LogP contribution < -0.4 is 5.32 Å². The maximum absolute atomic E-state index is 4.63. The first-order chi connectivity index (χ1) is 10.0. The topological polar surface area (TPSA) is 24.9 Å². The molecule has 0 spiro atoms. The van der Waals surface area contributed by atoms with Crippen LogP contribution in [0.3, 0.4) is 0 Å². The molecule has 1 N–H and O–H groups in total. The zero-order valence-corrected chi connectivity index (χ0v) is 14.6. The largest absolute Gasteiger partial charge is 0.310 e. The Labute approximate surface area is 132 Å². The van der Waals surface area contributed by atoms with Crippen molar-refractivity contribution in [3.05, 3.63) is 50.5 Å². The van der Waals surface area contributed by atoms with Crippen LogP contribution in [0.5, 0.6) is 0 Å². The van der Waals surface area contributed by atoms with E-state index >= 15 is 0 Å². The summed E-state index contributed by atoms with van der Waals surface area (Å²) < 4.78 is 0. The molecule has 1 heterocycles. The highest BCUT2D eigenvalue weighted by Crippen LogP contribution is 2.26. The van der Waals surface area contributed by atoms with E-state index in [-0.39, 0.29) is 0 Å². The van der Waals surface area contributed by atoms with Crippen LogP contribution in [0.25, 0.3) is 0 Å². The van der Waals surface area contributed by atoms with E-state index in [1.807, 2.05) is 0 Å². The van der Waals surface area contributed by atoms with Crippen molar-refractivity contribution >= 4 is 11.3 Å². The summed E-state index contributed by atoms with van der Waals surface area (Å²) in [5.41, 5.74) is 6.66. The van der Waals surface area contributed by atoms with Crippen LogP contribution >= 0.6 is 11.3 Å². The molecule has 0 bridgehead atoms. The lowest BCUT2D eigenvalue weighted by atomic mass is 9.94. The summed E-state index contributed by atoms with van der Waals surface area (Å²) in [6, 6.07) is 5.01. The molecule has 0 radical (unpaired) electrons. The maximum Gasteiger partial charge on any atom is 0.0947 e. The van der Waals surface area contributed by atoms with Gasteiger partial charge in [0.15, 0.2) is 0 Å².